The van der Waals surface area contributed by atoms with Gasteiger partial charge in [0.25, 0.3) is 0 Å². The Morgan fingerprint density at radius 2 is 0.576 bits per heavy atom. The van der Waals surface area contributed by atoms with E-state index in [-0.39, 0.29) is 10.8 Å². The predicted octanol–water partition coefficient (Wildman–Crippen LogP) is 24.0. The summed E-state index contributed by atoms with van der Waals surface area (Å²) in [6.07, 6.45) is 50.5. The summed E-state index contributed by atoms with van der Waals surface area (Å²) in [5.41, 5.74) is 7.83. The van der Waals surface area contributed by atoms with Crippen LogP contribution in [-0.2, 0) is 10.8 Å². The van der Waals surface area contributed by atoms with Gasteiger partial charge in [0.2, 0.25) is 0 Å². The van der Waals surface area contributed by atoms with Crippen molar-refractivity contribution in [3.05, 3.63) is 42.8 Å². The molecule has 0 saturated heterocycles. The maximum atomic E-state index is 2.67. The Morgan fingerprint density at radius 1 is 0.333 bits per heavy atom. The van der Waals surface area contributed by atoms with Gasteiger partial charge in [-0.1, -0.05) is 261 Å². The first-order valence-electron chi connectivity index (χ1n) is 29.2. The molecule has 2 aliphatic carbocycles. The van der Waals surface area contributed by atoms with Crippen LogP contribution >= 0.6 is 45.3 Å². The average Bonchev–Trinajstić information content (AvgIpc) is 4.14. The monoisotopic (exact) mass is 973 g/mol. The van der Waals surface area contributed by atoms with E-state index in [1.54, 1.807) is 38.3 Å². The van der Waals surface area contributed by atoms with Crippen LogP contribution in [0.15, 0.2) is 12.1 Å². The summed E-state index contributed by atoms with van der Waals surface area (Å²) in [4.78, 5) is 6.80. The van der Waals surface area contributed by atoms with E-state index in [0.717, 1.165) is 0 Å². The van der Waals surface area contributed by atoms with Crippen LogP contribution in [0, 0.1) is 0 Å². The Balaban J connectivity index is 1.46. The van der Waals surface area contributed by atoms with Gasteiger partial charge in [0.05, 0.1) is 9.40 Å². The first kappa shape index (κ1) is 54.4. The van der Waals surface area contributed by atoms with Crippen LogP contribution in [0.1, 0.15) is 329 Å². The molecular weight excluding hydrogens is 873 g/mol. The Labute approximate surface area is 424 Å². The summed E-state index contributed by atoms with van der Waals surface area (Å²) in [5, 5.41) is 0. The lowest BCUT2D eigenvalue weighted by atomic mass is 9.69. The second-order valence-corrected chi connectivity index (χ2v) is 26.7. The van der Waals surface area contributed by atoms with Gasteiger partial charge in [-0.25, -0.2) is 0 Å². The highest BCUT2D eigenvalue weighted by Crippen LogP contribution is 2.73. The minimum atomic E-state index is 0.148. The lowest BCUT2D eigenvalue weighted by Crippen LogP contribution is -2.26. The SMILES string of the molecule is CCCCCCCCCCC1(CCCCCCCCCC)C2=C(c3sc4cc(C(C)C)sc4c31)C(CCCCCCCCCC)(CCCCCCCCCC)c1c2sc2cc(C(C)C)sc12. The molecule has 4 heteroatoms. The van der Waals surface area contributed by atoms with Crippen molar-refractivity contribution in [1.82, 2.24) is 0 Å². The number of unbranched alkanes of at least 4 members (excludes halogenated alkanes) is 28. The van der Waals surface area contributed by atoms with Crippen LogP contribution < -0.4 is 0 Å². The molecule has 0 amide bonds. The fourth-order valence-corrected chi connectivity index (χ4v) is 18.5. The maximum absolute atomic E-state index is 2.67. The largest absolute Gasteiger partial charge is 0.139 e. The van der Waals surface area contributed by atoms with Crippen molar-refractivity contribution in [1.29, 1.82) is 0 Å². The van der Waals surface area contributed by atoms with Crippen LogP contribution in [0.25, 0.3) is 29.9 Å². The zero-order valence-corrected chi connectivity index (χ0v) is 47.7. The number of hydrogen-bond acceptors (Lipinski definition) is 4. The molecule has 0 unspecified atom stereocenters. The van der Waals surface area contributed by atoms with E-state index < -0.39 is 0 Å². The van der Waals surface area contributed by atoms with Crippen molar-refractivity contribution in [2.45, 2.75) is 309 Å². The molecule has 0 radical (unpaired) electrons. The number of hydrogen-bond donors (Lipinski definition) is 0. The standard InChI is InChI=1S/C62H100S4/c1-9-13-17-21-25-29-33-37-41-61(42-38-34-30-26-22-18-14-10-2)53-54(60-55(61)57-51(66-60)45-49(63-57)47(5)6)62(43-39-35-31-27-23-19-15-11-3,44-40-36-32-28-24-20-16-12-4)56-58-52(65-59(53)56)46-50(64-58)48(7)8/h45-48H,9-44H2,1-8H3. The van der Waals surface area contributed by atoms with E-state index in [1.165, 1.54) is 231 Å². The average molecular weight is 974 g/mol. The summed E-state index contributed by atoms with van der Waals surface area (Å²) in [7, 11) is 0. The number of rotatable bonds is 38. The number of allylic oxidation sites excluding steroid dienone is 2. The van der Waals surface area contributed by atoms with E-state index in [4.69, 9.17) is 0 Å². The van der Waals surface area contributed by atoms with Crippen molar-refractivity contribution < 1.29 is 0 Å². The smallest absolute Gasteiger partial charge is 0.0501 e. The zero-order chi connectivity index (χ0) is 46.8. The molecule has 0 aliphatic heterocycles. The van der Waals surface area contributed by atoms with Gasteiger partial charge in [0.1, 0.15) is 0 Å². The quantitative estimate of drug-likeness (QED) is 0.0393. The second-order valence-electron chi connectivity index (χ2n) is 22.4. The lowest BCUT2D eigenvalue weighted by molar-refractivity contribution is 0.421. The first-order valence-corrected chi connectivity index (χ1v) is 32.4. The summed E-state index contributed by atoms with van der Waals surface area (Å²) in [6, 6.07) is 5.34. The van der Waals surface area contributed by atoms with Gasteiger partial charge in [-0.05, 0) is 71.9 Å². The van der Waals surface area contributed by atoms with Crippen LogP contribution in [-0.4, -0.2) is 0 Å². The minimum Gasteiger partial charge on any atom is -0.139 e. The molecule has 4 aromatic heterocycles. The fraction of sp³-hybridized carbons (Fsp3) is 0.774. The summed E-state index contributed by atoms with van der Waals surface area (Å²) in [6.45, 7) is 19.2. The zero-order valence-electron chi connectivity index (χ0n) is 44.4. The van der Waals surface area contributed by atoms with Gasteiger partial charge < -0.3 is 0 Å². The van der Waals surface area contributed by atoms with Crippen molar-refractivity contribution in [2.75, 3.05) is 0 Å². The Hall–Kier alpha value is -0.940. The third-order valence-corrected chi connectivity index (χ3v) is 21.8. The lowest BCUT2D eigenvalue weighted by Gasteiger charge is -2.34. The van der Waals surface area contributed by atoms with Crippen molar-refractivity contribution in [2.24, 2.45) is 0 Å². The van der Waals surface area contributed by atoms with Crippen LogP contribution in [0.3, 0.4) is 0 Å². The molecule has 0 spiro atoms. The van der Waals surface area contributed by atoms with Gasteiger partial charge in [0.15, 0.2) is 0 Å². The third kappa shape index (κ3) is 13.3. The Morgan fingerprint density at radius 3 is 0.818 bits per heavy atom. The number of thiophene rings is 4. The van der Waals surface area contributed by atoms with Gasteiger partial charge in [-0.3, -0.25) is 0 Å². The van der Waals surface area contributed by atoms with E-state index in [9.17, 15) is 0 Å². The molecule has 4 aromatic rings. The number of fused-ring (bicyclic) bond motifs is 8. The molecule has 0 fully saturated rings. The molecule has 372 valence electrons. The van der Waals surface area contributed by atoms with E-state index >= 15 is 0 Å². The summed E-state index contributed by atoms with van der Waals surface area (Å²) < 4.78 is 6.68. The Bertz CT molecular complexity index is 1820. The molecule has 2 aliphatic rings. The van der Waals surface area contributed by atoms with Crippen molar-refractivity contribution >= 4 is 75.3 Å². The molecule has 0 saturated carbocycles. The fourth-order valence-electron chi connectivity index (χ4n) is 12.5. The van der Waals surface area contributed by atoms with Gasteiger partial charge >= 0.3 is 0 Å². The molecule has 66 heavy (non-hydrogen) atoms. The van der Waals surface area contributed by atoms with E-state index in [2.05, 4.69) is 113 Å². The van der Waals surface area contributed by atoms with Crippen LogP contribution in [0.4, 0.5) is 0 Å². The van der Waals surface area contributed by atoms with Gasteiger partial charge in [-0.15, -0.1) is 45.3 Å². The first-order chi connectivity index (χ1) is 32.3. The highest BCUT2D eigenvalue weighted by molar-refractivity contribution is 7.30. The molecule has 6 rings (SSSR count). The molecular formula is C62H100S4. The molecule has 0 aromatic carbocycles. The normalized spacial score (nSPS) is 15.2. The topological polar surface area (TPSA) is 0 Å². The van der Waals surface area contributed by atoms with Crippen molar-refractivity contribution in [3.8, 4) is 0 Å². The van der Waals surface area contributed by atoms with Crippen molar-refractivity contribution in [3.63, 3.8) is 0 Å². The maximum Gasteiger partial charge on any atom is 0.0501 e. The van der Waals surface area contributed by atoms with Crippen LogP contribution in [0.2, 0.25) is 0 Å². The summed E-state index contributed by atoms with van der Waals surface area (Å²) in [5.74, 6) is 1.19. The minimum absolute atomic E-state index is 0.148. The Kier molecular flexibility index (Phi) is 23.2. The van der Waals surface area contributed by atoms with Gasteiger partial charge in [-0.2, -0.15) is 0 Å². The molecule has 0 atom stereocenters. The van der Waals surface area contributed by atoms with Gasteiger partial charge in [0, 0.05) is 39.7 Å². The van der Waals surface area contributed by atoms with Crippen LogP contribution in [0.5, 0.6) is 0 Å². The third-order valence-electron chi connectivity index (χ3n) is 16.4. The molecule has 4 heterocycles. The molecule has 0 N–H and O–H groups in total. The highest BCUT2D eigenvalue weighted by Gasteiger charge is 2.59. The predicted molar refractivity (Wildman–Crippen MR) is 307 cm³/mol. The molecule has 0 nitrogen and oxygen atoms in total. The summed E-state index contributed by atoms with van der Waals surface area (Å²) >= 11 is 8.98. The van der Waals surface area contributed by atoms with E-state index in [1.807, 2.05) is 22.3 Å². The highest BCUT2D eigenvalue weighted by atomic mass is 32.1. The second kappa shape index (κ2) is 28.2. The molecule has 0 bridgehead atoms. The van der Waals surface area contributed by atoms with E-state index in [0.29, 0.717) is 11.8 Å².